The third-order valence-corrected chi connectivity index (χ3v) is 4.68. The molecule has 0 aromatic carbocycles. The summed E-state index contributed by atoms with van der Waals surface area (Å²) in [7, 11) is 0. The molecule has 21 heavy (non-hydrogen) atoms. The number of nitrogens with zero attached hydrogens (tertiary/aromatic N) is 4. The van der Waals surface area contributed by atoms with Crippen molar-refractivity contribution < 1.29 is 0 Å². The minimum Gasteiger partial charge on any atom is -0.341 e. The van der Waals surface area contributed by atoms with Crippen molar-refractivity contribution >= 4 is 17.9 Å². The average molecular weight is 299 g/mol. The molecular formula is C15H17N5S. The fourth-order valence-corrected chi connectivity index (χ4v) is 3.25. The van der Waals surface area contributed by atoms with Crippen LogP contribution in [0.5, 0.6) is 0 Å². The largest absolute Gasteiger partial charge is 0.341 e. The molecule has 0 amide bonds. The number of aryl methyl sites for hydroxylation is 1. The fraction of sp³-hybridized carbons (Fsp3) is 0.400. The van der Waals surface area contributed by atoms with Gasteiger partial charge in [-0.2, -0.15) is 0 Å². The Morgan fingerprint density at radius 3 is 2.76 bits per heavy atom. The molecule has 1 aliphatic carbocycles. The van der Waals surface area contributed by atoms with Crippen molar-refractivity contribution in [2.75, 3.05) is 18.0 Å². The van der Waals surface area contributed by atoms with Gasteiger partial charge in [0.15, 0.2) is 0 Å². The predicted octanol–water partition coefficient (Wildman–Crippen LogP) is 2.20. The molecule has 2 aliphatic rings. The Bertz CT molecular complexity index is 684. The Balaban J connectivity index is 1.84. The molecule has 0 atom stereocenters. The third-order valence-electron chi connectivity index (χ3n) is 4.18. The van der Waals surface area contributed by atoms with Crippen molar-refractivity contribution in [3.8, 4) is 11.3 Å². The van der Waals surface area contributed by atoms with Crippen molar-refractivity contribution in [1.29, 1.82) is 0 Å². The van der Waals surface area contributed by atoms with Crippen LogP contribution in [0.15, 0.2) is 23.4 Å². The smallest absolute Gasteiger partial charge is 0.226 e. The molecule has 0 unspecified atom stereocenters. The average Bonchev–Trinajstić information content (AvgIpc) is 2.93. The Kier molecular flexibility index (Phi) is 3.27. The summed E-state index contributed by atoms with van der Waals surface area (Å²) in [6.45, 7) is 2.13. The van der Waals surface area contributed by atoms with Crippen molar-refractivity contribution in [2.24, 2.45) is 5.14 Å². The van der Waals surface area contributed by atoms with Crippen LogP contribution in [0.2, 0.25) is 0 Å². The van der Waals surface area contributed by atoms with E-state index in [1.54, 1.807) is 6.20 Å². The quantitative estimate of drug-likeness (QED) is 0.876. The summed E-state index contributed by atoms with van der Waals surface area (Å²) in [5.74, 6) is 0.878. The van der Waals surface area contributed by atoms with Crippen LogP contribution in [0.3, 0.4) is 0 Å². The van der Waals surface area contributed by atoms with E-state index in [4.69, 9.17) is 15.1 Å². The second-order valence-electron chi connectivity index (χ2n) is 5.52. The lowest BCUT2D eigenvalue weighted by Gasteiger charge is -2.31. The lowest BCUT2D eigenvalue weighted by molar-refractivity contribution is 0.599. The van der Waals surface area contributed by atoms with Gasteiger partial charge < -0.3 is 4.90 Å². The van der Waals surface area contributed by atoms with E-state index in [1.165, 1.54) is 36.0 Å². The van der Waals surface area contributed by atoms with Gasteiger partial charge in [-0.3, -0.25) is 10.1 Å². The van der Waals surface area contributed by atoms with Crippen molar-refractivity contribution in [3.05, 3.63) is 29.7 Å². The molecule has 2 N–H and O–H groups in total. The highest BCUT2D eigenvalue weighted by atomic mass is 32.2. The summed E-state index contributed by atoms with van der Waals surface area (Å²) in [6, 6.07) is 2.07. The molecule has 4 rings (SSSR count). The van der Waals surface area contributed by atoms with Crippen molar-refractivity contribution in [2.45, 2.75) is 30.6 Å². The molecule has 2 aromatic rings. The Hall–Kier alpha value is -1.66. The summed E-state index contributed by atoms with van der Waals surface area (Å²) in [5.41, 5.74) is 4.60. The Labute approximate surface area is 128 Å². The van der Waals surface area contributed by atoms with Crippen LogP contribution in [0.25, 0.3) is 11.3 Å². The van der Waals surface area contributed by atoms with Crippen LogP contribution < -0.4 is 10.0 Å². The highest BCUT2D eigenvalue weighted by Gasteiger charge is 2.24. The Morgan fingerprint density at radius 2 is 2.00 bits per heavy atom. The summed E-state index contributed by atoms with van der Waals surface area (Å²) in [6.07, 6.45) is 8.18. The number of pyridine rings is 1. The zero-order chi connectivity index (χ0) is 14.2. The zero-order valence-electron chi connectivity index (χ0n) is 11.7. The minimum atomic E-state index is 0.878. The number of aromatic nitrogens is 3. The normalized spacial score (nSPS) is 16.7. The molecule has 0 spiro atoms. The first-order valence-electron chi connectivity index (χ1n) is 7.32. The summed E-state index contributed by atoms with van der Waals surface area (Å²) >= 11 is 1.22. The van der Waals surface area contributed by atoms with Gasteiger partial charge in [-0.15, -0.1) is 0 Å². The number of nitrogens with two attached hydrogens (primary N) is 1. The van der Waals surface area contributed by atoms with Gasteiger partial charge in [0.05, 0.1) is 5.69 Å². The molecule has 0 saturated carbocycles. The highest BCUT2D eigenvalue weighted by molar-refractivity contribution is 7.97. The van der Waals surface area contributed by atoms with Crippen LogP contribution in [-0.2, 0) is 12.8 Å². The lowest BCUT2D eigenvalue weighted by Crippen LogP contribution is -2.38. The van der Waals surface area contributed by atoms with E-state index in [-0.39, 0.29) is 0 Å². The summed E-state index contributed by atoms with van der Waals surface area (Å²) < 4.78 is 0. The maximum Gasteiger partial charge on any atom is 0.226 e. The second-order valence-corrected chi connectivity index (χ2v) is 6.23. The van der Waals surface area contributed by atoms with Crippen molar-refractivity contribution in [1.82, 2.24) is 15.0 Å². The van der Waals surface area contributed by atoms with Gasteiger partial charge in [-0.1, -0.05) is 0 Å². The standard InChI is InChI=1S/C15H17N5S/c16-21-11-7-10(8-17-9-11)14-12-3-1-4-13(12)18-15(19-14)20-5-2-6-20/h7-9H,1-6,16H2. The number of fused-ring (bicyclic) bond motifs is 1. The van der Waals surface area contributed by atoms with Gasteiger partial charge in [-0.25, -0.2) is 9.97 Å². The molecule has 2 aromatic heterocycles. The monoisotopic (exact) mass is 299 g/mol. The number of rotatable bonds is 3. The zero-order valence-corrected chi connectivity index (χ0v) is 12.6. The lowest BCUT2D eigenvalue weighted by atomic mass is 10.1. The van der Waals surface area contributed by atoms with Crippen LogP contribution in [-0.4, -0.2) is 28.0 Å². The number of anilines is 1. The first-order valence-corrected chi connectivity index (χ1v) is 8.20. The molecule has 108 valence electrons. The highest BCUT2D eigenvalue weighted by Crippen LogP contribution is 2.33. The van der Waals surface area contributed by atoms with E-state index in [9.17, 15) is 0 Å². The number of hydrogen-bond acceptors (Lipinski definition) is 6. The van der Waals surface area contributed by atoms with Crippen LogP contribution in [0.4, 0.5) is 5.95 Å². The summed E-state index contributed by atoms with van der Waals surface area (Å²) in [5, 5.41) is 5.65. The molecule has 3 heterocycles. The molecule has 0 bridgehead atoms. The maximum absolute atomic E-state index is 5.65. The second kappa shape index (κ2) is 5.27. The minimum absolute atomic E-state index is 0.878. The van der Waals surface area contributed by atoms with Crippen LogP contribution in [0.1, 0.15) is 24.1 Å². The Morgan fingerprint density at radius 1 is 1.10 bits per heavy atom. The molecular weight excluding hydrogens is 282 g/mol. The summed E-state index contributed by atoms with van der Waals surface area (Å²) in [4.78, 5) is 17.1. The van der Waals surface area contributed by atoms with E-state index in [0.29, 0.717) is 0 Å². The predicted molar refractivity (Wildman–Crippen MR) is 84.2 cm³/mol. The van der Waals surface area contributed by atoms with Gasteiger partial charge in [0, 0.05) is 47.2 Å². The molecule has 5 nitrogen and oxygen atoms in total. The van der Waals surface area contributed by atoms with Crippen LogP contribution >= 0.6 is 11.9 Å². The van der Waals surface area contributed by atoms with Gasteiger partial charge in [-0.05, 0) is 43.7 Å². The van der Waals surface area contributed by atoms with Crippen LogP contribution in [0, 0.1) is 0 Å². The molecule has 1 saturated heterocycles. The first-order chi connectivity index (χ1) is 10.3. The van der Waals surface area contributed by atoms with E-state index in [0.717, 1.165) is 48.0 Å². The SMILES string of the molecule is NSc1cncc(-c2nc(N3CCC3)nc3c2CCC3)c1. The molecule has 1 aliphatic heterocycles. The van der Waals surface area contributed by atoms with E-state index >= 15 is 0 Å². The third kappa shape index (κ3) is 2.28. The van der Waals surface area contributed by atoms with Gasteiger partial charge in [0.1, 0.15) is 0 Å². The van der Waals surface area contributed by atoms with E-state index in [2.05, 4.69) is 16.0 Å². The number of hydrogen-bond donors (Lipinski definition) is 1. The molecule has 1 fully saturated rings. The van der Waals surface area contributed by atoms with Gasteiger partial charge in [0.25, 0.3) is 0 Å². The first kappa shape index (κ1) is 13.0. The maximum atomic E-state index is 5.65. The molecule has 0 radical (unpaired) electrons. The molecule has 6 heteroatoms. The van der Waals surface area contributed by atoms with Gasteiger partial charge in [0.2, 0.25) is 5.95 Å². The van der Waals surface area contributed by atoms with E-state index < -0.39 is 0 Å². The van der Waals surface area contributed by atoms with E-state index in [1.807, 2.05) is 6.20 Å². The topological polar surface area (TPSA) is 67.9 Å². The van der Waals surface area contributed by atoms with Gasteiger partial charge >= 0.3 is 0 Å². The fourth-order valence-electron chi connectivity index (χ4n) is 2.93. The van der Waals surface area contributed by atoms with Crippen molar-refractivity contribution in [3.63, 3.8) is 0 Å².